The van der Waals surface area contributed by atoms with Crippen molar-refractivity contribution in [3.8, 4) is 5.75 Å². The molecule has 4 rings (SSSR count). The SMILES string of the molecule is COc1ccc(C(C)(C(=O)N2CCC(C)CC2)n2cnc(NC(=O)[C@@H](COCc3ccccc3)NC(=O)C(C)(C)N)c2)cc1.Cl.Cl. The van der Waals surface area contributed by atoms with E-state index < -0.39 is 28.9 Å². The summed E-state index contributed by atoms with van der Waals surface area (Å²) in [5.74, 6) is 0.385. The van der Waals surface area contributed by atoms with Gasteiger partial charge in [0, 0.05) is 19.3 Å². The van der Waals surface area contributed by atoms with Crippen LogP contribution >= 0.6 is 24.8 Å². The van der Waals surface area contributed by atoms with Gasteiger partial charge in [-0.2, -0.15) is 0 Å². The molecule has 0 aliphatic carbocycles. The lowest BCUT2D eigenvalue weighted by molar-refractivity contribution is -0.139. The lowest BCUT2D eigenvalue weighted by Gasteiger charge is -2.39. The Morgan fingerprint density at radius 1 is 1.02 bits per heavy atom. The average molecular weight is 678 g/mol. The maximum atomic E-state index is 14.2. The molecule has 1 fully saturated rings. The maximum absolute atomic E-state index is 14.2. The quantitative estimate of drug-likeness (QED) is 0.262. The van der Waals surface area contributed by atoms with Crippen molar-refractivity contribution < 1.29 is 23.9 Å². The van der Waals surface area contributed by atoms with Gasteiger partial charge in [-0.15, -0.1) is 24.8 Å². The molecule has 3 amide bonds. The largest absolute Gasteiger partial charge is 0.497 e. The predicted octanol–water partition coefficient (Wildman–Crippen LogP) is 4.13. The van der Waals surface area contributed by atoms with Gasteiger partial charge in [0.1, 0.15) is 17.3 Å². The third kappa shape index (κ3) is 9.45. The Balaban J connectivity index is 0.00000368. The number of halogens is 2. The van der Waals surface area contributed by atoms with Crippen molar-refractivity contribution in [3.05, 3.63) is 78.2 Å². The van der Waals surface area contributed by atoms with Crippen LogP contribution in [-0.2, 0) is 31.3 Å². The molecule has 2 heterocycles. The summed E-state index contributed by atoms with van der Waals surface area (Å²) in [4.78, 5) is 46.6. The summed E-state index contributed by atoms with van der Waals surface area (Å²) in [7, 11) is 1.59. The maximum Gasteiger partial charge on any atom is 0.253 e. The van der Waals surface area contributed by atoms with E-state index in [0.717, 1.165) is 24.0 Å². The number of amides is 3. The zero-order valence-electron chi connectivity index (χ0n) is 27.0. The minimum atomic E-state index is -1.20. The molecule has 46 heavy (non-hydrogen) atoms. The van der Waals surface area contributed by atoms with Crippen molar-refractivity contribution in [2.24, 2.45) is 11.7 Å². The van der Waals surface area contributed by atoms with Gasteiger partial charge in [0.25, 0.3) is 11.8 Å². The monoisotopic (exact) mass is 676 g/mol. The lowest BCUT2D eigenvalue weighted by Crippen LogP contribution is -2.56. The topological polar surface area (TPSA) is 141 Å². The number of carbonyl (C=O) groups is 3. The van der Waals surface area contributed by atoms with Gasteiger partial charge < -0.3 is 35.3 Å². The minimum Gasteiger partial charge on any atom is -0.497 e. The average Bonchev–Trinajstić information content (AvgIpc) is 3.49. The van der Waals surface area contributed by atoms with Gasteiger partial charge in [0.05, 0.1) is 32.2 Å². The van der Waals surface area contributed by atoms with Crippen molar-refractivity contribution in [1.29, 1.82) is 0 Å². The van der Waals surface area contributed by atoms with Crippen molar-refractivity contribution in [2.45, 2.75) is 64.3 Å². The van der Waals surface area contributed by atoms with Crippen LogP contribution in [0, 0.1) is 5.92 Å². The number of ether oxygens (including phenoxy) is 2. The molecule has 0 spiro atoms. The number of benzene rings is 2. The number of rotatable bonds is 12. The van der Waals surface area contributed by atoms with Gasteiger partial charge in [-0.25, -0.2) is 4.98 Å². The third-order valence-corrected chi connectivity index (χ3v) is 8.09. The van der Waals surface area contributed by atoms with E-state index in [1.54, 1.807) is 31.7 Å². The summed E-state index contributed by atoms with van der Waals surface area (Å²) in [6.07, 6.45) is 5.04. The van der Waals surface area contributed by atoms with Crippen LogP contribution in [0.4, 0.5) is 5.82 Å². The fourth-order valence-corrected chi connectivity index (χ4v) is 5.06. The molecule has 0 bridgehead atoms. The summed E-state index contributed by atoms with van der Waals surface area (Å²) >= 11 is 0. The highest BCUT2D eigenvalue weighted by atomic mass is 35.5. The van der Waals surface area contributed by atoms with E-state index in [9.17, 15) is 14.4 Å². The zero-order chi connectivity index (χ0) is 31.9. The molecule has 0 radical (unpaired) electrons. The number of hydrogen-bond donors (Lipinski definition) is 3. The molecule has 0 saturated carbocycles. The number of nitrogens with one attached hydrogen (secondary N) is 2. The summed E-state index contributed by atoms with van der Waals surface area (Å²) in [6, 6.07) is 15.9. The molecule has 4 N–H and O–H groups in total. The van der Waals surface area contributed by atoms with Crippen LogP contribution in [0.25, 0.3) is 0 Å². The lowest BCUT2D eigenvalue weighted by atomic mass is 9.88. The highest BCUT2D eigenvalue weighted by Gasteiger charge is 2.41. The van der Waals surface area contributed by atoms with E-state index in [2.05, 4.69) is 22.5 Å². The van der Waals surface area contributed by atoms with Gasteiger partial charge in [0.2, 0.25) is 5.91 Å². The Bertz CT molecular complexity index is 1420. The highest BCUT2D eigenvalue weighted by molar-refractivity contribution is 5.98. The van der Waals surface area contributed by atoms with Crippen LogP contribution < -0.4 is 21.1 Å². The first kappa shape index (κ1) is 38.5. The van der Waals surface area contributed by atoms with Crippen LogP contribution in [0.5, 0.6) is 5.75 Å². The van der Waals surface area contributed by atoms with Gasteiger partial charge >= 0.3 is 0 Å². The van der Waals surface area contributed by atoms with Crippen molar-refractivity contribution in [3.63, 3.8) is 0 Å². The molecular weight excluding hydrogens is 631 g/mol. The summed E-state index contributed by atoms with van der Waals surface area (Å²) < 4.78 is 12.8. The summed E-state index contributed by atoms with van der Waals surface area (Å²) in [5, 5.41) is 5.48. The molecule has 1 aromatic heterocycles. The molecule has 1 aliphatic rings. The number of imidazole rings is 1. The second-order valence-electron chi connectivity index (χ2n) is 12.2. The second kappa shape index (κ2) is 16.8. The van der Waals surface area contributed by atoms with E-state index >= 15 is 0 Å². The van der Waals surface area contributed by atoms with Crippen LogP contribution in [-0.4, -0.2) is 70.6 Å². The number of nitrogens with two attached hydrogens (primary N) is 1. The van der Waals surface area contributed by atoms with Crippen LogP contribution in [0.15, 0.2) is 67.1 Å². The van der Waals surface area contributed by atoms with Gasteiger partial charge in [-0.3, -0.25) is 14.4 Å². The molecule has 1 saturated heterocycles. The van der Waals surface area contributed by atoms with Gasteiger partial charge in [0.15, 0.2) is 5.82 Å². The first-order chi connectivity index (χ1) is 20.9. The molecule has 2 aromatic carbocycles. The van der Waals surface area contributed by atoms with E-state index in [1.165, 1.54) is 6.33 Å². The highest BCUT2D eigenvalue weighted by Crippen LogP contribution is 2.32. The second-order valence-corrected chi connectivity index (χ2v) is 12.2. The number of likely N-dealkylation sites (tertiary alicyclic amines) is 1. The molecule has 2 atom stereocenters. The Morgan fingerprint density at radius 2 is 1.65 bits per heavy atom. The van der Waals surface area contributed by atoms with Crippen molar-refractivity contribution in [1.82, 2.24) is 19.8 Å². The van der Waals surface area contributed by atoms with E-state index in [1.807, 2.05) is 66.4 Å². The molecule has 1 unspecified atom stereocenters. The molecule has 13 heteroatoms. The summed E-state index contributed by atoms with van der Waals surface area (Å²) in [6.45, 7) is 8.70. The van der Waals surface area contributed by atoms with Crippen LogP contribution in [0.2, 0.25) is 0 Å². The molecule has 252 valence electrons. The number of nitrogens with zero attached hydrogens (tertiary/aromatic N) is 3. The number of carbonyl (C=O) groups excluding carboxylic acids is 3. The molecule has 11 nitrogen and oxygen atoms in total. The fraction of sp³-hybridized carbons (Fsp3) is 0.455. The van der Waals surface area contributed by atoms with Gasteiger partial charge in [-0.1, -0.05) is 49.4 Å². The first-order valence-corrected chi connectivity index (χ1v) is 14.9. The summed E-state index contributed by atoms with van der Waals surface area (Å²) in [5.41, 5.74) is 5.32. The number of methoxy groups -OCH3 is 1. The molecule has 3 aromatic rings. The Labute approximate surface area is 283 Å². The standard InChI is InChI=1S/C33H44N6O5.2ClH/c1-23-15-17-38(18-16-23)31(42)33(4,25-11-13-26(43-5)14-12-25)39-19-28(35-22-39)37-29(40)27(36-30(41)32(2,3)34)21-44-20-24-9-7-6-8-10-24;;/h6-14,19,22-23,27H,15-18,20-21,34H2,1-5H3,(H,36,41)(H,37,40);2*1H/t27-,33?;;/m1../s1. The predicted molar refractivity (Wildman–Crippen MR) is 182 cm³/mol. The number of anilines is 1. The Kier molecular flexibility index (Phi) is 14.1. The van der Waals surface area contributed by atoms with Crippen LogP contribution in [0.1, 0.15) is 51.7 Å². The van der Waals surface area contributed by atoms with E-state index in [-0.39, 0.29) is 49.8 Å². The minimum absolute atomic E-state index is 0. The normalized spacial score (nSPS) is 15.4. The Morgan fingerprint density at radius 3 is 2.24 bits per heavy atom. The first-order valence-electron chi connectivity index (χ1n) is 14.9. The van der Waals surface area contributed by atoms with E-state index in [0.29, 0.717) is 24.8 Å². The Hall–Kier alpha value is -3.64. The fourth-order valence-electron chi connectivity index (χ4n) is 5.06. The third-order valence-electron chi connectivity index (χ3n) is 8.09. The molecular formula is C33H46Cl2N6O5. The van der Waals surface area contributed by atoms with E-state index in [4.69, 9.17) is 15.2 Å². The van der Waals surface area contributed by atoms with Crippen molar-refractivity contribution >= 4 is 48.4 Å². The number of piperidine rings is 1. The van der Waals surface area contributed by atoms with Crippen LogP contribution in [0.3, 0.4) is 0 Å². The van der Waals surface area contributed by atoms with Gasteiger partial charge in [-0.05, 0) is 62.8 Å². The molecule has 1 aliphatic heterocycles. The smallest absolute Gasteiger partial charge is 0.253 e. The number of hydrogen-bond acceptors (Lipinski definition) is 7. The van der Waals surface area contributed by atoms with Crippen molar-refractivity contribution in [2.75, 3.05) is 32.1 Å². The zero-order valence-corrected chi connectivity index (χ0v) is 28.7. The number of aromatic nitrogens is 2.